The van der Waals surface area contributed by atoms with E-state index in [-0.39, 0.29) is 29.2 Å². The van der Waals surface area contributed by atoms with Gasteiger partial charge in [-0.25, -0.2) is 8.42 Å². The zero-order chi connectivity index (χ0) is 25.8. The molecule has 11 heteroatoms. The zero-order valence-corrected chi connectivity index (χ0v) is 22.6. The molecule has 0 heterocycles. The highest BCUT2D eigenvalue weighted by Gasteiger charge is 2.32. The molecule has 0 spiro atoms. The van der Waals surface area contributed by atoms with Crippen LogP contribution in [-0.4, -0.2) is 50.0 Å². The third kappa shape index (κ3) is 7.49. The van der Waals surface area contributed by atoms with Crippen molar-refractivity contribution in [2.75, 3.05) is 17.1 Å². The van der Waals surface area contributed by atoms with Crippen LogP contribution in [0.5, 0.6) is 0 Å². The summed E-state index contributed by atoms with van der Waals surface area (Å²) < 4.78 is 26.2. The minimum Gasteiger partial charge on any atom is -0.352 e. The molecule has 0 bridgehead atoms. The molecule has 7 nitrogen and oxygen atoms in total. The van der Waals surface area contributed by atoms with Crippen LogP contribution >= 0.6 is 34.8 Å². The largest absolute Gasteiger partial charge is 0.352 e. The number of rotatable bonds is 9. The maximum absolute atomic E-state index is 13.6. The molecular formula is C24H28Cl3N3O4S. The predicted molar refractivity (Wildman–Crippen MR) is 141 cm³/mol. The summed E-state index contributed by atoms with van der Waals surface area (Å²) in [6.07, 6.45) is 4.90. The molecule has 0 saturated heterocycles. The van der Waals surface area contributed by atoms with Gasteiger partial charge in [0.1, 0.15) is 12.6 Å². The van der Waals surface area contributed by atoms with Gasteiger partial charge in [-0.3, -0.25) is 13.9 Å². The van der Waals surface area contributed by atoms with Crippen molar-refractivity contribution in [2.24, 2.45) is 0 Å². The van der Waals surface area contributed by atoms with Crippen LogP contribution < -0.4 is 9.62 Å². The van der Waals surface area contributed by atoms with Crippen LogP contribution in [0.25, 0.3) is 0 Å². The topological polar surface area (TPSA) is 86.8 Å². The lowest BCUT2D eigenvalue weighted by atomic mass is 10.1. The predicted octanol–water partition coefficient (Wildman–Crippen LogP) is 4.89. The molecule has 0 aromatic heterocycles. The van der Waals surface area contributed by atoms with Gasteiger partial charge in [-0.05, 0) is 55.7 Å². The highest BCUT2D eigenvalue weighted by Crippen LogP contribution is 2.30. The van der Waals surface area contributed by atoms with E-state index in [9.17, 15) is 18.0 Å². The first-order valence-electron chi connectivity index (χ1n) is 11.2. The van der Waals surface area contributed by atoms with Crippen molar-refractivity contribution in [1.29, 1.82) is 0 Å². The Bertz CT molecular complexity index is 1170. The van der Waals surface area contributed by atoms with E-state index in [0.717, 1.165) is 41.8 Å². The first kappa shape index (κ1) is 27.6. The molecule has 1 aliphatic rings. The van der Waals surface area contributed by atoms with Crippen molar-refractivity contribution in [3.63, 3.8) is 0 Å². The Balaban J connectivity index is 1.89. The summed E-state index contributed by atoms with van der Waals surface area (Å²) in [6.45, 7) is 1.20. The van der Waals surface area contributed by atoms with Gasteiger partial charge in [0, 0.05) is 22.6 Å². The average Bonchev–Trinajstić information content (AvgIpc) is 3.29. The fourth-order valence-electron chi connectivity index (χ4n) is 4.04. The Kier molecular flexibility index (Phi) is 9.32. The van der Waals surface area contributed by atoms with Crippen molar-refractivity contribution in [3.05, 3.63) is 63.1 Å². The lowest BCUT2D eigenvalue weighted by Crippen LogP contribution is -2.52. The normalized spacial score (nSPS) is 15.0. The molecule has 3 rings (SSSR count). The first-order chi connectivity index (χ1) is 16.5. The van der Waals surface area contributed by atoms with E-state index < -0.39 is 28.5 Å². The molecule has 1 N–H and O–H groups in total. The number of halogens is 3. The van der Waals surface area contributed by atoms with E-state index in [1.165, 1.54) is 23.1 Å². The van der Waals surface area contributed by atoms with E-state index >= 15 is 0 Å². The monoisotopic (exact) mass is 559 g/mol. The maximum Gasteiger partial charge on any atom is 0.244 e. The van der Waals surface area contributed by atoms with Gasteiger partial charge in [-0.15, -0.1) is 0 Å². The Morgan fingerprint density at radius 3 is 2.20 bits per heavy atom. The summed E-state index contributed by atoms with van der Waals surface area (Å²) in [5.41, 5.74) is 0.875. The quantitative estimate of drug-likeness (QED) is 0.473. The van der Waals surface area contributed by atoms with Gasteiger partial charge in [0.25, 0.3) is 0 Å². The van der Waals surface area contributed by atoms with Crippen molar-refractivity contribution in [3.8, 4) is 0 Å². The molecule has 1 fully saturated rings. The molecule has 0 unspecified atom stereocenters. The number of carbonyl (C=O) groups excluding carboxylic acids is 2. The number of amides is 2. The SMILES string of the molecule is C[C@@H](C(=O)NC1CCCC1)N(Cc1ccc(Cl)cc1)C(=O)CN(c1ccc(Cl)cc1Cl)S(C)(=O)=O. The van der Waals surface area contributed by atoms with Crippen molar-refractivity contribution in [2.45, 2.75) is 51.2 Å². The van der Waals surface area contributed by atoms with Gasteiger partial charge < -0.3 is 10.2 Å². The standard InChI is InChI=1S/C24H28Cl3N3O4S/c1-16(24(32)28-20-5-3-4-6-20)29(14-17-7-9-18(25)10-8-17)23(31)15-30(35(2,33)34)22-12-11-19(26)13-21(22)27/h7-13,16,20H,3-6,14-15H2,1-2H3,(H,28,32)/t16-/m0/s1. The number of benzene rings is 2. The van der Waals surface area contributed by atoms with Crippen LogP contribution in [0.15, 0.2) is 42.5 Å². The second kappa shape index (κ2) is 11.8. The number of nitrogens with zero attached hydrogens (tertiary/aromatic N) is 2. The molecular weight excluding hydrogens is 533 g/mol. The third-order valence-corrected chi connectivity index (χ3v) is 7.91. The van der Waals surface area contributed by atoms with Crippen molar-refractivity contribution < 1.29 is 18.0 Å². The third-order valence-electron chi connectivity index (χ3n) is 5.99. The Morgan fingerprint density at radius 2 is 1.63 bits per heavy atom. The summed E-state index contributed by atoms with van der Waals surface area (Å²) in [5, 5.41) is 3.98. The molecule has 35 heavy (non-hydrogen) atoms. The highest BCUT2D eigenvalue weighted by molar-refractivity contribution is 7.92. The minimum absolute atomic E-state index is 0.0813. The van der Waals surface area contributed by atoms with Gasteiger partial charge in [-0.1, -0.05) is 59.8 Å². The first-order valence-corrected chi connectivity index (χ1v) is 14.2. The second-order valence-corrected chi connectivity index (χ2v) is 11.9. The Morgan fingerprint density at radius 1 is 1.03 bits per heavy atom. The smallest absolute Gasteiger partial charge is 0.244 e. The zero-order valence-electron chi connectivity index (χ0n) is 19.5. The minimum atomic E-state index is -3.88. The van der Waals surface area contributed by atoms with E-state index in [4.69, 9.17) is 34.8 Å². The molecule has 1 atom stereocenters. The van der Waals surface area contributed by atoms with Crippen LogP contribution in [0, 0.1) is 0 Å². The van der Waals surface area contributed by atoms with E-state index in [1.807, 2.05) is 0 Å². The summed E-state index contributed by atoms with van der Waals surface area (Å²) in [7, 11) is -3.88. The molecule has 0 radical (unpaired) electrons. The van der Waals surface area contributed by atoms with E-state index in [0.29, 0.717) is 10.0 Å². The molecule has 1 saturated carbocycles. The summed E-state index contributed by atoms with van der Waals surface area (Å²) in [4.78, 5) is 28.0. The van der Waals surface area contributed by atoms with Crippen LogP contribution in [0.4, 0.5) is 5.69 Å². The number of hydrogen-bond donors (Lipinski definition) is 1. The molecule has 1 aliphatic carbocycles. The summed E-state index contributed by atoms with van der Waals surface area (Å²) in [6, 6.07) is 10.5. The van der Waals surface area contributed by atoms with Gasteiger partial charge in [0.2, 0.25) is 21.8 Å². The Hall–Kier alpha value is -2.00. The van der Waals surface area contributed by atoms with Crippen LogP contribution in [0.3, 0.4) is 0 Å². The van der Waals surface area contributed by atoms with Crippen LogP contribution in [0.2, 0.25) is 15.1 Å². The van der Waals surface area contributed by atoms with E-state index in [1.54, 1.807) is 31.2 Å². The number of sulfonamides is 1. The van der Waals surface area contributed by atoms with Crippen LogP contribution in [0.1, 0.15) is 38.2 Å². The van der Waals surface area contributed by atoms with Crippen molar-refractivity contribution >= 4 is 62.3 Å². The number of anilines is 1. The van der Waals surface area contributed by atoms with Gasteiger partial charge >= 0.3 is 0 Å². The number of carbonyl (C=O) groups is 2. The lowest BCUT2D eigenvalue weighted by molar-refractivity contribution is -0.139. The fourth-order valence-corrected chi connectivity index (χ4v) is 5.59. The fraction of sp³-hybridized carbons (Fsp3) is 0.417. The maximum atomic E-state index is 13.6. The molecule has 0 aliphatic heterocycles. The van der Waals surface area contributed by atoms with Gasteiger partial charge in [-0.2, -0.15) is 0 Å². The summed E-state index contributed by atoms with van der Waals surface area (Å²) >= 11 is 18.2. The molecule has 2 aromatic rings. The molecule has 2 aromatic carbocycles. The lowest BCUT2D eigenvalue weighted by Gasteiger charge is -2.32. The van der Waals surface area contributed by atoms with Crippen LogP contribution in [-0.2, 0) is 26.2 Å². The van der Waals surface area contributed by atoms with E-state index in [2.05, 4.69) is 5.32 Å². The number of hydrogen-bond acceptors (Lipinski definition) is 4. The number of nitrogens with one attached hydrogen (secondary N) is 1. The van der Waals surface area contributed by atoms with Crippen molar-refractivity contribution in [1.82, 2.24) is 10.2 Å². The molecule has 190 valence electrons. The summed E-state index contributed by atoms with van der Waals surface area (Å²) in [5.74, 6) is -0.833. The van der Waals surface area contributed by atoms with Gasteiger partial charge in [0.15, 0.2) is 0 Å². The Labute approximate surface area is 221 Å². The van der Waals surface area contributed by atoms with Gasteiger partial charge in [0.05, 0.1) is 17.0 Å². The average molecular weight is 561 g/mol. The highest BCUT2D eigenvalue weighted by atomic mass is 35.5. The second-order valence-electron chi connectivity index (χ2n) is 8.68. The molecule has 2 amide bonds.